The summed E-state index contributed by atoms with van der Waals surface area (Å²) in [6.07, 6.45) is 70.8. The molecule has 6 heteroatoms. The van der Waals surface area contributed by atoms with E-state index in [2.05, 4.69) is 93.7 Å². The van der Waals surface area contributed by atoms with Crippen molar-refractivity contribution in [2.24, 2.45) is 0 Å². The molecule has 0 heterocycles. The summed E-state index contributed by atoms with van der Waals surface area (Å²) in [6.45, 7) is 6.37. The van der Waals surface area contributed by atoms with E-state index in [4.69, 9.17) is 14.2 Å². The Balaban J connectivity index is 4.54. The van der Waals surface area contributed by atoms with E-state index in [9.17, 15) is 14.4 Å². The van der Waals surface area contributed by atoms with Crippen LogP contribution >= 0.6 is 0 Å². The van der Waals surface area contributed by atoms with E-state index in [1.165, 1.54) is 96.3 Å². The molecule has 6 nitrogen and oxygen atoms in total. The van der Waals surface area contributed by atoms with Crippen LogP contribution in [0.1, 0.15) is 226 Å². The molecule has 0 aliphatic heterocycles. The number of carbonyl (C=O) groups is 3. The molecule has 0 aromatic carbocycles. The van der Waals surface area contributed by atoms with E-state index in [0.717, 1.165) is 83.5 Å². The van der Waals surface area contributed by atoms with Gasteiger partial charge in [-0.3, -0.25) is 14.4 Å². The summed E-state index contributed by atoms with van der Waals surface area (Å²) in [4.78, 5) is 38.0. The van der Waals surface area contributed by atoms with Crippen molar-refractivity contribution >= 4 is 17.9 Å². The molecule has 0 rings (SSSR count). The molecule has 0 amide bonds. The molecule has 0 aromatic rings. The Kier molecular flexibility index (Phi) is 49.5. The van der Waals surface area contributed by atoms with Gasteiger partial charge in [-0.1, -0.05) is 214 Å². The monoisotopic (exact) mass is 901 g/mol. The molecule has 368 valence electrons. The lowest BCUT2D eigenvalue weighted by atomic mass is 10.1. The van der Waals surface area contributed by atoms with E-state index in [1.54, 1.807) is 0 Å². The van der Waals surface area contributed by atoms with E-state index in [0.29, 0.717) is 19.3 Å². The minimum atomic E-state index is -0.820. The van der Waals surface area contributed by atoms with Crippen LogP contribution in [0.2, 0.25) is 0 Å². The summed E-state index contributed by atoms with van der Waals surface area (Å²) in [5.41, 5.74) is 0. The van der Waals surface area contributed by atoms with Crippen molar-refractivity contribution in [3.05, 3.63) is 109 Å². The lowest BCUT2D eigenvalue weighted by molar-refractivity contribution is -0.167. The van der Waals surface area contributed by atoms with Crippen LogP contribution in [0.5, 0.6) is 0 Å². The molecule has 0 aliphatic carbocycles. The fourth-order valence-corrected chi connectivity index (χ4v) is 6.85. The molecule has 0 radical (unpaired) electrons. The Labute approximate surface area is 400 Å². The highest BCUT2D eigenvalue weighted by Crippen LogP contribution is 2.13. The minimum Gasteiger partial charge on any atom is -0.462 e. The summed E-state index contributed by atoms with van der Waals surface area (Å²) in [6, 6.07) is 0. The molecule has 0 N–H and O–H groups in total. The van der Waals surface area contributed by atoms with Crippen molar-refractivity contribution in [3.63, 3.8) is 0 Å². The number of unbranched alkanes of at least 4 members (excludes halogenated alkanes) is 20. The molecule has 1 atom stereocenters. The maximum absolute atomic E-state index is 12.8. The van der Waals surface area contributed by atoms with Crippen LogP contribution < -0.4 is 0 Å². The van der Waals surface area contributed by atoms with Gasteiger partial charge in [-0.05, 0) is 103 Å². The second-order valence-corrected chi connectivity index (χ2v) is 17.1. The van der Waals surface area contributed by atoms with Crippen LogP contribution in [0, 0.1) is 0 Å². The second-order valence-electron chi connectivity index (χ2n) is 17.1. The minimum absolute atomic E-state index is 0.119. The highest BCUT2D eigenvalue weighted by atomic mass is 16.6. The second kappa shape index (κ2) is 52.7. The highest BCUT2D eigenvalue weighted by molar-refractivity contribution is 5.71. The SMILES string of the molecule is CC/C=C/C=C/C=C/C=C/CCCCCC(=O)OCC(COC(=O)CCC/C=C/C/C=C/C/C=C/CCCCCCCC)OC(=O)CCCCCCCCC/C=C/C/C=C/CCCCC. The number of rotatable bonds is 46. The number of carbonyl (C=O) groups excluding carboxylic acids is 3. The molecule has 0 aromatic heterocycles. The van der Waals surface area contributed by atoms with Gasteiger partial charge in [0.2, 0.25) is 0 Å². The zero-order chi connectivity index (χ0) is 47.2. The van der Waals surface area contributed by atoms with Crippen molar-refractivity contribution < 1.29 is 28.6 Å². The summed E-state index contributed by atoms with van der Waals surface area (Å²) >= 11 is 0. The largest absolute Gasteiger partial charge is 0.462 e. The zero-order valence-electron chi connectivity index (χ0n) is 42.0. The predicted octanol–water partition coefficient (Wildman–Crippen LogP) is 17.5. The van der Waals surface area contributed by atoms with Crippen LogP contribution in [0.4, 0.5) is 0 Å². The average Bonchev–Trinajstić information content (AvgIpc) is 3.30. The van der Waals surface area contributed by atoms with Crippen molar-refractivity contribution in [3.8, 4) is 0 Å². The van der Waals surface area contributed by atoms with Crippen molar-refractivity contribution in [1.82, 2.24) is 0 Å². The number of allylic oxidation sites excluding steroid dienone is 18. The molecule has 0 spiro atoms. The first kappa shape index (κ1) is 61.1. The number of hydrogen-bond donors (Lipinski definition) is 0. The first-order valence-electron chi connectivity index (χ1n) is 26.4. The molecule has 65 heavy (non-hydrogen) atoms. The standard InChI is InChI=1S/C59H96O6/c1-4-7-10-13-16-19-22-25-27-29-31-34-37-40-43-46-49-52-58(61)64-55-56(54-63-57(60)51-48-45-42-39-36-33-24-21-18-15-12-9-6-3)65-59(62)53-50-47-44-41-38-35-32-30-28-26-23-20-17-14-11-8-5-2/h9,12,15,17-18,20-21,24-28,31,33-34,36,40,43,56H,4-8,10-11,13-14,16,19,22-23,29-30,32,35,37-39,41-42,44-55H2,1-3H3/b12-9+,18-15+,20-17+,24-21+,27-25+,28-26+,34-31+,36-33+,43-40+. The maximum atomic E-state index is 12.8. The number of hydrogen-bond acceptors (Lipinski definition) is 6. The topological polar surface area (TPSA) is 78.9 Å². The molecule has 0 bridgehead atoms. The Morgan fingerprint density at radius 1 is 0.338 bits per heavy atom. The average molecular weight is 901 g/mol. The van der Waals surface area contributed by atoms with Gasteiger partial charge in [-0.25, -0.2) is 0 Å². The number of esters is 3. The van der Waals surface area contributed by atoms with Gasteiger partial charge < -0.3 is 14.2 Å². The molecular formula is C59H96O6. The van der Waals surface area contributed by atoms with Gasteiger partial charge in [0.25, 0.3) is 0 Å². The van der Waals surface area contributed by atoms with E-state index < -0.39 is 6.10 Å². The fourth-order valence-electron chi connectivity index (χ4n) is 6.85. The molecule has 0 saturated carbocycles. The van der Waals surface area contributed by atoms with E-state index in [-0.39, 0.29) is 37.5 Å². The van der Waals surface area contributed by atoms with Crippen LogP contribution in [0.3, 0.4) is 0 Å². The lowest BCUT2D eigenvalue weighted by Crippen LogP contribution is -2.30. The quantitative estimate of drug-likeness (QED) is 0.0199. The van der Waals surface area contributed by atoms with Crippen LogP contribution in [0.25, 0.3) is 0 Å². The van der Waals surface area contributed by atoms with Gasteiger partial charge >= 0.3 is 17.9 Å². The van der Waals surface area contributed by atoms with Crippen LogP contribution in [-0.2, 0) is 28.6 Å². The molecular weight excluding hydrogens is 805 g/mol. The van der Waals surface area contributed by atoms with Gasteiger partial charge in [0, 0.05) is 19.3 Å². The third kappa shape index (κ3) is 50.9. The normalized spacial score (nSPS) is 13.0. The predicted molar refractivity (Wildman–Crippen MR) is 279 cm³/mol. The summed E-state index contributed by atoms with van der Waals surface area (Å²) in [5.74, 6) is -1.02. The fraction of sp³-hybridized carbons (Fsp3) is 0.644. The molecule has 0 fully saturated rings. The van der Waals surface area contributed by atoms with E-state index in [1.807, 2.05) is 36.5 Å². The van der Waals surface area contributed by atoms with Crippen molar-refractivity contribution in [2.75, 3.05) is 13.2 Å². The zero-order valence-corrected chi connectivity index (χ0v) is 42.0. The maximum Gasteiger partial charge on any atom is 0.306 e. The third-order valence-electron chi connectivity index (χ3n) is 10.8. The Bertz CT molecular complexity index is 1360. The highest BCUT2D eigenvalue weighted by Gasteiger charge is 2.19. The van der Waals surface area contributed by atoms with Gasteiger partial charge in [0.15, 0.2) is 6.10 Å². The van der Waals surface area contributed by atoms with Gasteiger partial charge in [-0.2, -0.15) is 0 Å². The Morgan fingerprint density at radius 3 is 1.18 bits per heavy atom. The van der Waals surface area contributed by atoms with Crippen LogP contribution in [-0.4, -0.2) is 37.2 Å². The Hall–Kier alpha value is -3.93. The summed E-state index contributed by atoms with van der Waals surface area (Å²) in [7, 11) is 0. The first-order chi connectivity index (χ1) is 32.0. The molecule has 0 saturated heterocycles. The first-order valence-corrected chi connectivity index (χ1v) is 26.4. The van der Waals surface area contributed by atoms with Gasteiger partial charge in [0.1, 0.15) is 13.2 Å². The smallest absolute Gasteiger partial charge is 0.306 e. The Morgan fingerprint density at radius 2 is 0.677 bits per heavy atom. The molecule has 1 unspecified atom stereocenters. The number of ether oxygens (including phenoxy) is 3. The third-order valence-corrected chi connectivity index (χ3v) is 10.8. The lowest BCUT2D eigenvalue weighted by Gasteiger charge is -2.18. The van der Waals surface area contributed by atoms with Crippen LogP contribution in [0.15, 0.2) is 109 Å². The van der Waals surface area contributed by atoms with Gasteiger partial charge in [0.05, 0.1) is 0 Å². The van der Waals surface area contributed by atoms with Crippen molar-refractivity contribution in [1.29, 1.82) is 0 Å². The van der Waals surface area contributed by atoms with Crippen molar-refractivity contribution in [2.45, 2.75) is 232 Å². The molecule has 0 aliphatic rings. The van der Waals surface area contributed by atoms with E-state index >= 15 is 0 Å². The van der Waals surface area contributed by atoms with Gasteiger partial charge in [-0.15, -0.1) is 0 Å². The summed E-state index contributed by atoms with van der Waals surface area (Å²) < 4.78 is 16.7. The summed E-state index contributed by atoms with van der Waals surface area (Å²) in [5, 5.41) is 0.